The molecule has 0 heterocycles. The molecule has 0 aromatic heterocycles. The zero-order chi connectivity index (χ0) is 13.4. The molecule has 2 heteroatoms. The Balaban J connectivity index is 2.31. The Morgan fingerprint density at radius 3 is 2.61 bits per heavy atom. The van der Waals surface area contributed by atoms with Crippen LogP contribution in [0.3, 0.4) is 0 Å². The fourth-order valence-electron chi connectivity index (χ4n) is 2.88. The molecule has 0 aliphatic heterocycles. The number of rotatable bonds is 7. The quantitative estimate of drug-likeness (QED) is 0.685. The van der Waals surface area contributed by atoms with Crippen molar-refractivity contribution in [2.45, 2.75) is 78.2 Å². The molecule has 0 saturated heterocycles. The Kier molecular flexibility index (Phi) is 6.71. The van der Waals surface area contributed by atoms with Crippen molar-refractivity contribution in [2.75, 3.05) is 6.54 Å². The monoisotopic (exact) mass is 250 g/mol. The molecule has 0 bridgehead atoms. The van der Waals surface area contributed by atoms with Crippen LogP contribution in [0, 0.1) is 22.7 Å². The van der Waals surface area contributed by atoms with Crippen molar-refractivity contribution in [2.24, 2.45) is 11.3 Å². The molecule has 0 amide bonds. The third-order valence-corrected chi connectivity index (χ3v) is 4.23. The average molecular weight is 250 g/mol. The van der Waals surface area contributed by atoms with Crippen molar-refractivity contribution in [3.05, 3.63) is 0 Å². The summed E-state index contributed by atoms with van der Waals surface area (Å²) in [6.07, 6.45) is 10.0. The molecule has 0 spiro atoms. The summed E-state index contributed by atoms with van der Waals surface area (Å²) >= 11 is 0. The van der Waals surface area contributed by atoms with Crippen molar-refractivity contribution in [1.82, 2.24) is 5.32 Å². The van der Waals surface area contributed by atoms with E-state index in [1.165, 1.54) is 44.9 Å². The van der Waals surface area contributed by atoms with Gasteiger partial charge in [-0.3, -0.25) is 0 Å². The van der Waals surface area contributed by atoms with E-state index in [-0.39, 0.29) is 5.92 Å². The average Bonchev–Trinajstić information content (AvgIpc) is 2.37. The van der Waals surface area contributed by atoms with Gasteiger partial charge in [0.05, 0.1) is 12.0 Å². The second-order valence-electron chi connectivity index (χ2n) is 6.63. The number of unbranched alkanes of at least 4 members (excludes halogenated alkanes) is 2. The Morgan fingerprint density at radius 2 is 1.94 bits per heavy atom. The van der Waals surface area contributed by atoms with Crippen molar-refractivity contribution in [3.63, 3.8) is 0 Å². The molecule has 1 aliphatic carbocycles. The van der Waals surface area contributed by atoms with Crippen molar-refractivity contribution < 1.29 is 0 Å². The maximum atomic E-state index is 9.17. The molecule has 1 rings (SSSR count). The Hall–Kier alpha value is -0.550. The van der Waals surface area contributed by atoms with Crippen LogP contribution >= 0.6 is 0 Å². The number of nitrogens with one attached hydrogen (secondary N) is 1. The van der Waals surface area contributed by atoms with E-state index in [0.717, 1.165) is 13.0 Å². The van der Waals surface area contributed by atoms with E-state index in [0.29, 0.717) is 11.5 Å². The number of hydrogen-bond donors (Lipinski definition) is 1. The smallest absolute Gasteiger partial charge is 0.0672 e. The second-order valence-corrected chi connectivity index (χ2v) is 6.63. The fourth-order valence-corrected chi connectivity index (χ4v) is 2.88. The molecule has 1 N–H and O–H groups in total. The highest BCUT2D eigenvalue weighted by atomic mass is 14.9. The third-order valence-electron chi connectivity index (χ3n) is 4.23. The zero-order valence-corrected chi connectivity index (χ0v) is 12.5. The van der Waals surface area contributed by atoms with E-state index < -0.39 is 0 Å². The summed E-state index contributed by atoms with van der Waals surface area (Å²) in [6.45, 7) is 8.00. The molecule has 1 saturated carbocycles. The van der Waals surface area contributed by atoms with E-state index in [1.54, 1.807) is 0 Å². The van der Waals surface area contributed by atoms with E-state index in [1.807, 2.05) is 0 Å². The highest BCUT2D eigenvalue weighted by Gasteiger charge is 2.26. The summed E-state index contributed by atoms with van der Waals surface area (Å²) in [5.74, 6) is 0.241. The van der Waals surface area contributed by atoms with Crippen molar-refractivity contribution in [1.29, 1.82) is 5.26 Å². The molecule has 18 heavy (non-hydrogen) atoms. The molecule has 1 aliphatic rings. The topological polar surface area (TPSA) is 35.8 Å². The van der Waals surface area contributed by atoms with Crippen LogP contribution in [-0.4, -0.2) is 12.6 Å². The van der Waals surface area contributed by atoms with Gasteiger partial charge >= 0.3 is 0 Å². The molecule has 2 atom stereocenters. The molecular weight excluding hydrogens is 220 g/mol. The maximum Gasteiger partial charge on any atom is 0.0672 e. The molecule has 0 aromatic rings. The molecule has 1 fully saturated rings. The second kappa shape index (κ2) is 7.79. The van der Waals surface area contributed by atoms with E-state index >= 15 is 0 Å². The van der Waals surface area contributed by atoms with Gasteiger partial charge in [0.2, 0.25) is 0 Å². The predicted molar refractivity (Wildman–Crippen MR) is 77.3 cm³/mol. The van der Waals surface area contributed by atoms with Gasteiger partial charge in [0.15, 0.2) is 0 Å². The first-order chi connectivity index (χ1) is 8.59. The van der Waals surface area contributed by atoms with Crippen LogP contribution in [0.2, 0.25) is 0 Å². The SMILES string of the molecule is CCCCCC(C)(C)CNC1CCCCC1C#N. The number of hydrogen-bond acceptors (Lipinski definition) is 2. The molecular formula is C16H30N2. The van der Waals surface area contributed by atoms with Crippen LogP contribution < -0.4 is 5.32 Å². The summed E-state index contributed by atoms with van der Waals surface area (Å²) in [6, 6.07) is 2.92. The molecule has 2 unspecified atom stereocenters. The summed E-state index contributed by atoms with van der Waals surface area (Å²) in [5, 5.41) is 12.8. The first kappa shape index (κ1) is 15.5. The van der Waals surface area contributed by atoms with Crippen LogP contribution in [-0.2, 0) is 0 Å². The van der Waals surface area contributed by atoms with Crippen molar-refractivity contribution in [3.8, 4) is 6.07 Å². The minimum Gasteiger partial charge on any atom is -0.312 e. The first-order valence-electron chi connectivity index (χ1n) is 7.72. The van der Waals surface area contributed by atoms with Gasteiger partial charge in [0.1, 0.15) is 0 Å². The largest absolute Gasteiger partial charge is 0.312 e. The van der Waals surface area contributed by atoms with Crippen molar-refractivity contribution >= 4 is 0 Å². The van der Waals surface area contributed by atoms with Gasteiger partial charge in [-0.15, -0.1) is 0 Å². The lowest BCUT2D eigenvalue weighted by Gasteiger charge is -2.32. The highest BCUT2D eigenvalue weighted by Crippen LogP contribution is 2.27. The van der Waals surface area contributed by atoms with Gasteiger partial charge in [-0.1, -0.05) is 52.9 Å². The van der Waals surface area contributed by atoms with Gasteiger partial charge < -0.3 is 5.32 Å². The van der Waals surface area contributed by atoms with Crippen LogP contribution in [0.25, 0.3) is 0 Å². The van der Waals surface area contributed by atoms with Gasteiger partial charge in [0, 0.05) is 12.6 Å². The minimum absolute atomic E-state index is 0.241. The maximum absolute atomic E-state index is 9.17. The minimum atomic E-state index is 0.241. The molecule has 2 nitrogen and oxygen atoms in total. The van der Waals surface area contributed by atoms with Gasteiger partial charge in [-0.25, -0.2) is 0 Å². The third kappa shape index (κ3) is 5.40. The van der Waals surface area contributed by atoms with Gasteiger partial charge in [-0.05, 0) is 24.7 Å². The van der Waals surface area contributed by atoms with Crippen LogP contribution in [0.5, 0.6) is 0 Å². The lowest BCUT2D eigenvalue weighted by molar-refractivity contribution is 0.244. The predicted octanol–water partition coefficient (Wildman–Crippen LogP) is 4.26. The van der Waals surface area contributed by atoms with E-state index in [4.69, 9.17) is 0 Å². The van der Waals surface area contributed by atoms with E-state index in [9.17, 15) is 5.26 Å². The highest BCUT2D eigenvalue weighted by molar-refractivity contribution is 4.95. The van der Waals surface area contributed by atoms with Crippen LogP contribution in [0.15, 0.2) is 0 Å². The van der Waals surface area contributed by atoms with Gasteiger partial charge in [-0.2, -0.15) is 5.26 Å². The molecule has 0 aromatic carbocycles. The fraction of sp³-hybridized carbons (Fsp3) is 0.938. The first-order valence-corrected chi connectivity index (χ1v) is 7.72. The standard InChI is InChI=1S/C16H30N2/c1-4-5-8-11-16(2,3)13-18-15-10-7-6-9-14(15)12-17/h14-15,18H,4-11,13H2,1-3H3. The summed E-state index contributed by atoms with van der Waals surface area (Å²) < 4.78 is 0. The van der Waals surface area contributed by atoms with Gasteiger partial charge in [0.25, 0.3) is 0 Å². The van der Waals surface area contributed by atoms with Crippen LogP contribution in [0.4, 0.5) is 0 Å². The molecule has 0 radical (unpaired) electrons. The molecule has 104 valence electrons. The Morgan fingerprint density at radius 1 is 1.22 bits per heavy atom. The van der Waals surface area contributed by atoms with E-state index in [2.05, 4.69) is 32.2 Å². The normalized spacial score (nSPS) is 24.8. The van der Waals surface area contributed by atoms with Crippen LogP contribution in [0.1, 0.15) is 72.1 Å². The Bertz CT molecular complexity index is 265. The summed E-state index contributed by atoms with van der Waals surface area (Å²) in [5.41, 5.74) is 0.368. The summed E-state index contributed by atoms with van der Waals surface area (Å²) in [7, 11) is 0. The lowest BCUT2D eigenvalue weighted by atomic mass is 9.83. The lowest BCUT2D eigenvalue weighted by Crippen LogP contribution is -2.42. The summed E-state index contributed by atoms with van der Waals surface area (Å²) in [4.78, 5) is 0. The number of nitriles is 1. The zero-order valence-electron chi connectivity index (χ0n) is 12.5. The Labute approximate surface area is 113 Å². The number of nitrogens with zero attached hydrogens (tertiary/aromatic N) is 1.